The molecule has 1 unspecified atom stereocenters. The van der Waals surface area contributed by atoms with Crippen LogP contribution in [0.1, 0.15) is 17.2 Å². The molecule has 0 aliphatic carbocycles. The summed E-state index contributed by atoms with van der Waals surface area (Å²) in [4.78, 5) is 26.1. The molecule has 1 saturated heterocycles. The molecule has 1 fully saturated rings. The van der Waals surface area contributed by atoms with E-state index in [2.05, 4.69) is 0 Å². The Hall–Kier alpha value is -2.83. The SMILES string of the molecule is O=C1C(=O)N(CCO)C(c2cccc(O)c2)/C1=C(\O)c1ccc(Cl)cc1. The van der Waals surface area contributed by atoms with Crippen LogP contribution in [0.25, 0.3) is 5.76 Å². The number of aliphatic hydroxyl groups is 2. The maximum atomic E-state index is 12.6. The number of halogens is 1. The van der Waals surface area contributed by atoms with E-state index in [1.165, 1.54) is 29.2 Å². The fourth-order valence-corrected chi connectivity index (χ4v) is 3.15. The van der Waals surface area contributed by atoms with E-state index in [1.807, 2.05) is 0 Å². The van der Waals surface area contributed by atoms with Gasteiger partial charge in [0.1, 0.15) is 11.5 Å². The molecule has 1 aliphatic rings. The lowest BCUT2D eigenvalue weighted by molar-refractivity contribution is -0.140. The molecule has 0 radical (unpaired) electrons. The van der Waals surface area contributed by atoms with E-state index >= 15 is 0 Å². The number of nitrogens with zero attached hydrogens (tertiary/aromatic N) is 1. The molecule has 3 N–H and O–H groups in total. The lowest BCUT2D eigenvalue weighted by Crippen LogP contribution is -2.32. The number of hydrogen-bond donors (Lipinski definition) is 3. The Morgan fingerprint density at radius 3 is 2.42 bits per heavy atom. The summed E-state index contributed by atoms with van der Waals surface area (Å²) in [5.41, 5.74) is 0.686. The van der Waals surface area contributed by atoms with Crippen molar-refractivity contribution in [2.45, 2.75) is 6.04 Å². The molecular weight excluding hydrogens is 358 g/mol. The monoisotopic (exact) mass is 373 g/mol. The van der Waals surface area contributed by atoms with E-state index in [0.29, 0.717) is 16.1 Å². The molecule has 0 bridgehead atoms. The van der Waals surface area contributed by atoms with Crippen LogP contribution in [-0.4, -0.2) is 45.1 Å². The van der Waals surface area contributed by atoms with E-state index in [4.69, 9.17) is 11.6 Å². The number of ketones is 1. The third-order valence-electron chi connectivity index (χ3n) is 4.18. The van der Waals surface area contributed by atoms with E-state index in [0.717, 1.165) is 0 Å². The molecule has 3 rings (SSSR count). The minimum absolute atomic E-state index is 0.0384. The predicted molar refractivity (Wildman–Crippen MR) is 95.7 cm³/mol. The number of aromatic hydroxyl groups is 1. The average molecular weight is 374 g/mol. The molecule has 1 amide bonds. The van der Waals surface area contributed by atoms with Gasteiger partial charge >= 0.3 is 0 Å². The number of Topliss-reactive ketones (excluding diaryl/α,β-unsaturated/α-hetero) is 1. The van der Waals surface area contributed by atoms with Gasteiger partial charge in [0, 0.05) is 17.1 Å². The fourth-order valence-electron chi connectivity index (χ4n) is 3.02. The zero-order valence-corrected chi connectivity index (χ0v) is 14.3. The van der Waals surface area contributed by atoms with Gasteiger partial charge in [0.2, 0.25) is 0 Å². The van der Waals surface area contributed by atoms with Crippen LogP contribution >= 0.6 is 11.6 Å². The molecular formula is C19H16ClNO5. The smallest absolute Gasteiger partial charge is 0.295 e. The second kappa shape index (κ2) is 7.19. The van der Waals surface area contributed by atoms with Crippen LogP contribution in [0.5, 0.6) is 5.75 Å². The zero-order chi connectivity index (χ0) is 18.8. The molecule has 7 heteroatoms. The number of phenols is 1. The molecule has 6 nitrogen and oxygen atoms in total. The van der Waals surface area contributed by atoms with Crippen LogP contribution in [0.2, 0.25) is 5.02 Å². The molecule has 1 heterocycles. The number of rotatable bonds is 4. The summed E-state index contributed by atoms with van der Waals surface area (Å²) in [5, 5.41) is 30.2. The maximum Gasteiger partial charge on any atom is 0.295 e. The largest absolute Gasteiger partial charge is 0.508 e. The third kappa shape index (κ3) is 3.16. The lowest BCUT2D eigenvalue weighted by atomic mass is 9.95. The highest BCUT2D eigenvalue weighted by Crippen LogP contribution is 2.39. The van der Waals surface area contributed by atoms with Gasteiger partial charge in [-0.05, 0) is 42.0 Å². The first-order valence-electron chi connectivity index (χ1n) is 7.88. The number of benzene rings is 2. The first kappa shape index (κ1) is 18.0. The predicted octanol–water partition coefficient (Wildman–Crippen LogP) is 2.46. The van der Waals surface area contributed by atoms with Crippen molar-refractivity contribution < 1.29 is 24.9 Å². The molecule has 0 spiro atoms. The van der Waals surface area contributed by atoms with Gasteiger partial charge in [0.05, 0.1) is 18.2 Å². The quantitative estimate of drug-likeness (QED) is 0.434. The number of β-amino-alcohol motifs (C(OH)–C–C–N with tert-alkyl or cyclic N) is 1. The molecule has 0 aromatic heterocycles. The van der Waals surface area contributed by atoms with Gasteiger partial charge in [-0.2, -0.15) is 0 Å². The van der Waals surface area contributed by atoms with Crippen LogP contribution in [0.3, 0.4) is 0 Å². The highest BCUT2D eigenvalue weighted by atomic mass is 35.5. The van der Waals surface area contributed by atoms with E-state index in [-0.39, 0.29) is 30.2 Å². The number of hydrogen-bond acceptors (Lipinski definition) is 5. The van der Waals surface area contributed by atoms with Gasteiger partial charge in [0.25, 0.3) is 11.7 Å². The van der Waals surface area contributed by atoms with Crippen molar-refractivity contribution in [1.29, 1.82) is 0 Å². The summed E-state index contributed by atoms with van der Waals surface area (Å²) in [6, 6.07) is 11.4. The second-order valence-corrected chi connectivity index (χ2v) is 6.25. The van der Waals surface area contributed by atoms with Gasteiger partial charge in [-0.25, -0.2) is 0 Å². The minimum Gasteiger partial charge on any atom is -0.508 e. The topological polar surface area (TPSA) is 98.1 Å². The molecule has 26 heavy (non-hydrogen) atoms. The van der Waals surface area contributed by atoms with Crippen LogP contribution in [0.15, 0.2) is 54.1 Å². The second-order valence-electron chi connectivity index (χ2n) is 5.82. The van der Waals surface area contributed by atoms with Gasteiger partial charge in [-0.1, -0.05) is 23.7 Å². The number of carbonyl (C=O) groups excluding carboxylic acids is 2. The highest BCUT2D eigenvalue weighted by Gasteiger charge is 2.45. The summed E-state index contributed by atoms with van der Waals surface area (Å²) in [6.07, 6.45) is 0. The lowest BCUT2D eigenvalue weighted by Gasteiger charge is -2.24. The number of aliphatic hydroxyl groups excluding tert-OH is 2. The first-order valence-corrected chi connectivity index (χ1v) is 8.26. The molecule has 2 aromatic rings. The normalized spacial score (nSPS) is 19.2. The van der Waals surface area contributed by atoms with Crippen molar-refractivity contribution in [1.82, 2.24) is 4.90 Å². The highest BCUT2D eigenvalue weighted by molar-refractivity contribution is 6.46. The average Bonchev–Trinajstić information content (AvgIpc) is 2.87. The van der Waals surface area contributed by atoms with Crippen molar-refractivity contribution >= 4 is 29.1 Å². The summed E-state index contributed by atoms with van der Waals surface area (Å²) >= 11 is 5.85. The molecule has 0 saturated carbocycles. The number of carbonyl (C=O) groups is 2. The van der Waals surface area contributed by atoms with Gasteiger partial charge in [-0.15, -0.1) is 0 Å². The standard InChI is InChI=1S/C19H16ClNO5/c20-13-6-4-11(5-7-13)17(24)15-16(12-2-1-3-14(23)10-12)21(8-9-22)19(26)18(15)25/h1-7,10,16,22-24H,8-9H2/b17-15+. The minimum atomic E-state index is -0.912. The van der Waals surface area contributed by atoms with Gasteiger partial charge < -0.3 is 20.2 Å². The zero-order valence-electron chi connectivity index (χ0n) is 13.6. The Bertz CT molecular complexity index is 891. The molecule has 1 aliphatic heterocycles. The Labute approximate surface area is 154 Å². The Morgan fingerprint density at radius 1 is 1.12 bits per heavy atom. The molecule has 1 atom stereocenters. The molecule has 2 aromatic carbocycles. The Kier molecular flexibility index (Phi) is 4.97. The summed E-state index contributed by atoms with van der Waals surface area (Å²) < 4.78 is 0. The molecule has 134 valence electrons. The van der Waals surface area contributed by atoms with Gasteiger partial charge in [0.15, 0.2) is 0 Å². The van der Waals surface area contributed by atoms with Crippen LogP contribution in [0.4, 0.5) is 0 Å². The summed E-state index contributed by atoms with van der Waals surface area (Å²) in [6.45, 7) is -0.425. The summed E-state index contributed by atoms with van der Waals surface area (Å²) in [7, 11) is 0. The maximum absolute atomic E-state index is 12.6. The van der Waals surface area contributed by atoms with Crippen LogP contribution < -0.4 is 0 Å². The summed E-state index contributed by atoms with van der Waals surface area (Å²) in [5.74, 6) is -2.04. The van der Waals surface area contributed by atoms with E-state index in [9.17, 15) is 24.9 Å². The van der Waals surface area contributed by atoms with Crippen molar-refractivity contribution in [2.75, 3.05) is 13.2 Å². The number of likely N-dealkylation sites (tertiary alicyclic amines) is 1. The Morgan fingerprint density at radius 2 is 1.81 bits per heavy atom. The first-order chi connectivity index (χ1) is 12.4. The van der Waals surface area contributed by atoms with Crippen molar-refractivity contribution in [3.63, 3.8) is 0 Å². The van der Waals surface area contributed by atoms with Crippen molar-refractivity contribution in [3.05, 3.63) is 70.3 Å². The van der Waals surface area contributed by atoms with Crippen LogP contribution in [0, 0.1) is 0 Å². The van der Waals surface area contributed by atoms with Crippen molar-refractivity contribution in [3.8, 4) is 5.75 Å². The van der Waals surface area contributed by atoms with E-state index in [1.54, 1.807) is 24.3 Å². The third-order valence-corrected chi connectivity index (χ3v) is 4.44. The fraction of sp³-hybridized carbons (Fsp3) is 0.158. The number of amides is 1. The van der Waals surface area contributed by atoms with E-state index < -0.39 is 17.7 Å². The van der Waals surface area contributed by atoms with Gasteiger partial charge in [-0.3, -0.25) is 9.59 Å². The van der Waals surface area contributed by atoms with Crippen molar-refractivity contribution in [2.24, 2.45) is 0 Å². The van der Waals surface area contributed by atoms with Crippen LogP contribution in [-0.2, 0) is 9.59 Å². The Balaban J connectivity index is 2.19. The number of phenolic OH excluding ortho intramolecular Hbond substituents is 1.